The number of hydrogen-bond donors (Lipinski definition) is 1. The summed E-state index contributed by atoms with van der Waals surface area (Å²) in [5.74, 6) is -0.905. The third kappa shape index (κ3) is 5.64. The number of rotatable bonds is 8. The summed E-state index contributed by atoms with van der Waals surface area (Å²) in [7, 11) is 0. The number of halogens is 1. The second-order valence-electron chi connectivity index (χ2n) is 6.83. The van der Waals surface area contributed by atoms with E-state index in [-0.39, 0.29) is 23.8 Å². The first-order valence-electron chi connectivity index (χ1n) is 9.64. The standard InChI is InChI=1S/C25H23FN2O2/c1-2-14-27-24(29)16-20-10-6-13-23(15-20)28(18-19-8-4-3-5-9-19)25(30)21-11-7-12-22(26)17-21/h2-13,15,17H,1,14,16,18H2,(H,27,29). The van der Waals surface area contributed by atoms with E-state index in [2.05, 4.69) is 11.9 Å². The molecule has 0 aromatic heterocycles. The molecule has 0 spiro atoms. The Balaban J connectivity index is 1.91. The Kier molecular flexibility index (Phi) is 7.11. The highest BCUT2D eigenvalue weighted by atomic mass is 19.1. The second-order valence-corrected chi connectivity index (χ2v) is 6.83. The molecule has 0 bridgehead atoms. The van der Waals surface area contributed by atoms with E-state index < -0.39 is 5.82 Å². The second kappa shape index (κ2) is 10.2. The molecule has 0 aliphatic heterocycles. The summed E-state index contributed by atoms with van der Waals surface area (Å²) in [6.45, 7) is 4.31. The SMILES string of the molecule is C=CCNC(=O)Cc1cccc(N(Cc2ccccc2)C(=O)c2cccc(F)c2)c1. The van der Waals surface area contributed by atoms with Gasteiger partial charge in [0, 0.05) is 17.8 Å². The van der Waals surface area contributed by atoms with Crippen molar-refractivity contribution in [2.75, 3.05) is 11.4 Å². The number of benzene rings is 3. The van der Waals surface area contributed by atoms with E-state index in [1.807, 2.05) is 54.6 Å². The van der Waals surface area contributed by atoms with Crippen molar-refractivity contribution >= 4 is 17.5 Å². The molecule has 5 heteroatoms. The zero-order valence-electron chi connectivity index (χ0n) is 16.6. The van der Waals surface area contributed by atoms with Crippen LogP contribution < -0.4 is 10.2 Å². The van der Waals surface area contributed by atoms with Gasteiger partial charge >= 0.3 is 0 Å². The Hall–Kier alpha value is -3.73. The molecule has 0 radical (unpaired) electrons. The van der Waals surface area contributed by atoms with Crippen LogP contribution in [-0.2, 0) is 17.8 Å². The maximum Gasteiger partial charge on any atom is 0.258 e. The number of nitrogens with zero attached hydrogens (tertiary/aromatic N) is 1. The van der Waals surface area contributed by atoms with Crippen LogP contribution in [-0.4, -0.2) is 18.4 Å². The lowest BCUT2D eigenvalue weighted by atomic mass is 10.1. The summed E-state index contributed by atoms with van der Waals surface area (Å²) in [6, 6.07) is 22.5. The zero-order valence-corrected chi connectivity index (χ0v) is 16.6. The Labute approximate surface area is 175 Å². The van der Waals surface area contributed by atoms with Gasteiger partial charge in [-0.05, 0) is 41.5 Å². The van der Waals surface area contributed by atoms with Gasteiger partial charge in [0.1, 0.15) is 5.82 Å². The number of nitrogens with one attached hydrogen (secondary N) is 1. The summed E-state index contributed by atoms with van der Waals surface area (Å²) in [4.78, 5) is 26.9. The first kappa shape index (κ1) is 21.0. The van der Waals surface area contributed by atoms with Crippen molar-refractivity contribution in [2.24, 2.45) is 0 Å². The van der Waals surface area contributed by atoms with Gasteiger partial charge in [-0.1, -0.05) is 54.6 Å². The van der Waals surface area contributed by atoms with E-state index in [0.717, 1.165) is 11.1 Å². The highest BCUT2D eigenvalue weighted by molar-refractivity contribution is 6.06. The van der Waals surface area contributed by atoms with E-state index in [4.69, 9.17) is 0 Å². The van der Waals surface area contributed by atoms with Crippen LogP contribution in [0.4, 0.5) is 10.1 Å². The average Bonchev–Trinajstić information content (AvgIpc) is 2.76. The minimum absolute atomic E-state index is 0.127. The van der Waals surface area contributed by atoms with Crippen molar-refractivity contribution in [3.8, 4) is 0 Å². The van der Waals surface area contributed by atoms with Gasteiger partial charge in [-0.3, -0.25) is 9.59 Å². The fourth-order valence-corrected chi connectivity index (χ4v) is 3.09. The molecule has 0 aliphatic rings. The Bertz CT molecular complexity index is 1030. The van der Waals surface area contributed by atoms with E-state index in [0.29, 0.717) is 18.8 Å². The summed E-state index contributed by atoms with van der Waals surface area (Å²) in [5, 5.41) is 2.74. The molecule has 3 rings (SSSR count). The lowest BCUT2D eigenvalue weighted by Gasteiger charge is -2.24. The smallest absolute Gasteiger partial charge is 0.258 e. The quantitative estimate of drug-likeness (QED) is 0.564. The maximum absolute atomic E-state index is 13.7. The van der Waals surface area contributed by atoms with Crippen molar-refractivity contribution in [1.29, 1.82) is 0 Å². The van der Waals surface area contributed by atoms with E-state index in [9.17, 15) is 14.0 Å². The monoisotopic (exact) mass is 402 g/mol. The van der Waals surface area contributed by atoms with Gasteiger partial charge in [0.25, 0.3) is 5.91 Å². The van der Waals surface area contributed by atoms with Crippen molar-refractivity contribution < 1.29 is 14.0 Å². The third-order valence-electron chi connectivity index (χ3n) is 4.53. The fraction of sp³-hybridized carbons (Fsp3) is 0.120. The van der Waals surface area contributed by atoms with Crippen molar-refractivity contribution in [3.05, 3.63) is 114 Å². The predicted octanol–water partition coefficient (Wildman–Crippen LogP) is 4.52. The normalized spacial score (nSPS) is 10.3. The zero-order chi connectivity index (χ0) is 21.3. The van der Waals surface area contributed by atoms with E-state index in [1.54, 1.807) is 17.0 Å². The van der Waals surface area contributed by atoms with Crippen LogP contribution in [0.5, 0.6) is 0 Å². The van der Waals surface area contributed by atoms with Crippen LogP contribution >= 0.6 is 0 Å². The number of carbonyl (C=O) groups excluding carboxylic acids is 2. The van der Waals surface area contributed by atoms with Gasteiger partial charge in [-0.25, -0.2) is 4.39 Å². The first-order chi connectivity index (χ1) is 14.6. The van der Waals surface area contributed by atoms with Crippen LogP contribution in [0, 0.1) is 5.82 Å². The minimum atomic E-state index is -0.465. The van der Waals surface area contributed by atoms with Crippen molar-refractivity contribution in [2.45, 2.75) is 13.0 Å². The van der Waals surface area contributed by atoms with Crippen LogP contribution in [0.25, 0.3) is 0 Å². The van der Waals surface area contributed by atoms with Crippen LogP contribution in [0.15, 0.2) is 91.5 Å². The molecule has 0 saturated heterocycles. The number of hydrogen-bond acceptors (Lipinski definition) is 2. The summed E-state index contributed by atoms with van der Waals surface area (Å²) in [5.41, 5.74) is 2.62. The molecule has 3 aromatic carbocycles. The van der Waals surface area contributed by atoms with Gasteiger partial charge in [0.15, 0.2) is 0 Å². The predicted molar refractivity (Wildman–Crippen MR) is 117 cm³/mol. The molecule has 0 saturated carbocycles. The van der Waals surface area contributed by atoms with E-state index >= 15 is 0 Å². The Morgan fingerprint density at radius 1 is 0.933 bits per heavy atom. The topological polar surface area (TPSA) is 49.4 Å². The fourth-order valence-electron chi connectivity index (χ4n) is 3.09. The molecule has 0 heterocycles. The van der Waals surface area contributed by atoms with Crippen LogP contribution in [0.2, 0.25) is 0 Å². The minimum Gasteiger partial charge on any atom is -0.352 e. The van der Waals surface area contributed by atoms with Crippen molar-refractivity contribution in [3.63, 3.8) is 0 Å². The number of amides is 2. The molecule has 2 amide bonds. The lowest BCUT2D eigenvalue weighted by Crippen LogP contribution is -2.30. The lowest BCUT2D eigenvalue weighted by molar-refractivity contribution is -0.120. The van der Waals surface area contributed by atoms with Gasteiger partial charge < -0.3 is 10.2 Å². The molecule has 152 valence electrons. The maximum atomic E-state index is 13.7. The molecule has 0 aliphatic carbocycles. The number of carbonyl (C=O) groups is 2. The van der Waals surface area contributed by atoms with Gasteiger partial charge in [-0.15, -0.1) is 6.58 Å². The summed E-state index contributed by atoms with van der Waals surface area (Å²) >= 11 is 0. The van der Waals surface area contributed by atoms with Crippen LogP contribution in [0.3, 0.4) is 0 Å². The molecule has 1 N–H and O–H groups in total. The highest BCUT2D eigenvalue weighted by Crippen LogP contribution is 2.22. The molecular formula is C25H23FN2O2. The highest BCUT2D eigenvalue weighted by Gasteiger charge is 2.19. The van der Waals surface area contributed by atoms with Gasteiger partial charge in [-0.2, -0.15) is 0 Å². The molecule has 0 atom stereocenters. The molecule has 30 heavy (non-hydrogen) atoms. The molecular weight excluding hydrogens is 379 g/mol. The van der Waals surface area contributed by atoms with Gasteiger partial charge in [0.2, 0.25) is 5.91 Å². The average molecular weight is 402 g/mol. The van der Waals surface area contributed by atoms with Crippen LogP contribution in [0.1, 0.15) is 21.5 Å². The third-order valence-corrected chi connectivity index (χ3v) is 4.53. The molecule has 4 nitrogen and oxygen atoms in total. The first-order valence-corrected chi connectivity index (χ1v) is 9.64. The Morgan fingerprint density at radius 3 is 2.40 bits per heavy atom. The Morgan fingerprint density at radius 2 is 1.67 bits per heavy atom. The van der Waals surface area contributed by atoms with Gasteiger partial charge in [0.05, 0.1) is 13.0 Å². The largest absolute Gasteiger partial charge is 0.352 e. The summed E-state index contributed by atoms with van der Waals surface area (Å²) in [6.07, 6.45) is 1.81. The summed E-state index contributed by atoms with van der Waals surface area (Å²) < 4.78 is 13.7. The molecule has 3 aromatic rings. The number of anilines is 1. The van der Waals surface area contributed by atoms with Crippen molar-refractivity contribution in [1.82, 2.24) is 5.32 Å². The van der Waals surface area contributed by atoms with E-state index in [1.165, 1.54) is 18.2 Å². The molecule has 0 fully saturated rings. The molecule has 0 unspecified atom stereocenters.